The summed E-state index contributed by atoms with van der Waals surface area (Å²) in [6.07, 6.45) is -0.552. The lowest BCUT2D eigenvalue weighted by Gasteiger charge is -2.09. The van der Waals surface area contributed by atoms with Crippen LogP contribution in [0.3, 0.4) is 0 Å². The molecule has 0 amide bonds. The van der Waals surface area contributed by atoms with E-state index < -0.39 is 18.2 Å². The Morgan fingerprint density at radius 1 is 1.00 bits per heavy atom. The molecule has 0 fully saturated rings. The van der Waals surface area contributed by atoms with Crippen molar-refractivity contribution in [3.63, 3.8) is 0 Å². The van der Waals surface area contributed by atoms with Crippen LogP contribution in [0.25, 0.3) is 11.1 Å². The van der Waals surface area contributed by atoms with Crippen molar-refractivity contribution in [2.75, 3.05) is 0 Å². The zero-order valence-corrected chi connectivity index (χ0v) is 11.5. The molecule has 0 aliphatic heterocycles. The molecule has 0 spiro atoms. The van der Waals surface area contributed by atoms with Gasteiger partial charge in [0.15, 0.2) is 11.6 Å². The topological polar surface area (TPSA) is 71.4 Å². The fourth-order valence-electron chi connectivity index (χ4n) is 2.12. The fraction of sp³-hybridized carbons (Fsp3) is 0.118. The highest BCUT2D eigenvalue weighted by atomic mass is 16.4. The van der Waals surface area contributed by atoms with Crippen molar-refractivity contribution in [2.24, 2.45) is 0 Å². The summed E-state index contributed by atoms with van der Waals surface area (Å²) in [6.45, 7) is 1.47. The molecule has 2 aromatic carbocycles. The number of ketones is 2. The maximum Gasteiger partial charge on any atom is 0.311 e. The highest BCUT2D eigenvalue weighted by Crippen LogP contribution is 2.25. The summed E-state index contributed by atoms with van der Waals surface area (Å²) in [5.74, 6) is -1.68. The van der Waals surface area contributed by atoms with E-state index in [1.165, 1.54) is 6.92 Å². The van der Waals surface area contributed by atoms with Crippen molar-refractivity contribution < 1.29 is 19.5 Å². The Balaban J connectivity index is 2.49. The minimum atomic E-state index is -1.16. The van der Waals surface area contributed by atoms with Gasteiger partial charge in [-0.15, -0.1) is 0 Å². The van der Waals surface area contributed by atoms with E-state index >= 15 is 0 Å². The Bertz CT molecular complexity index is 716. The van der Waals surface area contributed by atoms with Gasteiger partial charge in [0.25, 0.3) is 0 Å². The molecule has 0 aromatic heterocycles. The molecule has 4 nitrogen and oxygen atoms in total. The molecule has 0 atom stereocenters. The molecule has 0 saturated carbocycles. The first kappa shape index (κ1) is 14.7. The molecular weight excluding hydrogens is 268 g/mol. The van der Waals surface area contributed by atoms with Crippen molar-refractivity contribution in [3.8, 4) is 11.1 Å². The van der Waals surface area contributed by atoms with E-state index in [4.69, 9.17) is 5.11 Å². The van der Waals surface area contributed by atoms with Gasteiger partial charge >= 0.3 is 5.97 Å². The van der Waals surface area contributed by atoms with Crippen LogP contribution in [0.15, 0.2) is 48.5 Å². The molecule has 4 heteroatoms. The number of hydrogen-bond acceptors (Lipinski definition) is 3. The molecule has 21 heavy (non-hydrogen) atoms. The Morgan fingerprint density at radius 2 is 1.71 bits per heavy atom. The first-order valence-electron chi connectivity index (χ1n) is 6.44. The summed E-state index contributed by atoms with van der Waals surface area (Å²) in [7, 11) is 0. The fourth-order valence-corrected chi connectivity index (χ4v) is 2.12. The molecule has 0 saturated heterocycles. The summed E-state index contributed by atoms with van der Waals surface area (Å²) in [5, 5.41) is 8.76. The molecule has 2 aromatic rings. The van der Waals surface area contributed by atoms with Gasteiger partial charge in [-0.1, -0.05) is 42.5 Å². The number of benzene rings is 2. The van der Waals surface area contributed by atoms with Gasteiger partial charge in [-0.05, 0) is 24.1 Å². The molecule has 0 heterocycles. The summed E-state index contributed by atoms with van der Waals surface area (Å²) in [4.78, 5) is 34.2. The van der Waals surface area contributed by atoms with E-state index in [9.17, 15) is 14.4 Å². The molecule has 1 N–H and O–H groups in total. The maximum absolute atomic E-state index is 12.0. The lowest BCUT2D eigenvalue weighted by molar-refractivity contribution is -0.135. The maximum atomic E-state index is 12.0. The number of carboxylic acid groups (broad SMARTS) is 1. The zero-order chi connectivity index (χ0) is 15.4. The van der Waals surface area contributed by atoms with E-state index in [0.29, 0.717) is 16.7 Å². The average Bonchev–Trinajstić information content (AvgIpc) is 2.46. The van der Waals surface area contributed by atoms with Gasteiger partial charge in [-0.2, -0.15) is 0 Å². The Labute approximate surface area is 122 Å². The molecule has 106 valence electrons. The summed E-state index contributed by atoms with van der Waals surface area (Å²) in [5.41, 5.74) is 2.25. The van der Waals surface area contributed by atoms with Crippen LogP contribution in [0.4, 0.5) is 0 Å². The summed E-state index contributed by atoms with van der Waals surface area (Å²) < 4.78 is 0. The smallest absolute Gasteiger partial charge is 0.311 e. The van der Waals surface area contributed by atoms with Crippen LogP contribution in [0, 0.1) is 0 Å². The van der Waals surface area contributed by atoms with Crippen LogP contribution in [0.1, 0.15) is 34.1 Å². The predicted molar refractivity (Wildman–Crippen MR) is 78.5 cm³/mol. The van der Waals surface area contributed by atoms with Gasteiger partial charge in [0.1, 0.15) is 6.42 Å². The third-order valence-electron chi connectivity index (χ3n) is 3.12. The molecule has 2 rings (SSSR count). The van der Waals surface area contributed by atoms with Crippen LogP contribution in [-0.4, -0.2) is 22.6 Å². The molecule has 0 radical (unpaired) electrons. The SMILES string of the molecule is CC(=O)c1cccc(-c2ccccc2C(=O)CC(=O)O)c1. The lowest BCUT2D eigenvalue weighted by atomic mass is 9.94. The van der Waals surface area contributed by atoms with E-state index in [1.807, 2.05) is 0 Å². The van der Waals surface area contributed by atoms with Gasteiger partial charge in [0.05, 0.1) is 0 Å². The molecular formula is C17H14O4. The van der Waals surface area contributed by atoms with Crippen LogP contribution in [0.5, 0.6) is 0 Å². The van der Waals surface area contributed by atoms with Crippen LogP contribution in [0.2, 0.25) is 0 Å². The summed E-state index contributed by atoms with van der Waals surface area (Å²) >= 11 is 0. The third kappa shape index (κ3) is 3.42. The number of Topliss-reactive ketones (excluding diaryl/α,β-unsaturated/α-hetero) is 2. The molecule has 0 aliphatic carbocycles. The van der Waals surface area contributed by atoms with Gasteiger partial charge in [-0.25, -0.2) is 0 Å². The Morgan fingerprint density at radius 3 is 2.38 bits per heavy atom. The first-order valence-corrected chi connectivity index (χ1v) is 6.44. The van der Waals surface area contributed by atoms with Crippen molar-refractivity contribution in [1.29, 1.82) is 0 Å². The highest BCUT2D eigenvalue weighted by molar-refractivity contribution is 6.09. The second-order valence-corrected chi connectivity index (χ2v) is 4.68. The van der Waals surface area contributed by atoms with Crippen molar-refractivity contribution in [2.45, 2.75) is 13.3 Å². The minimum absolute atomic E-state index is 0.0637. The van der Waals surface area contributed by atoms with Crippen molar-refractivity contribution in [3.05, 3.63) is 59.7 Å². The van der Waals surface area contributed by atoms with Crippen molar-refractivity contribution in [1.82, 2.24) is 0 Å². The lowest BCUT2D eigenvalue weighted by Crippen LogP contribution is -2.08. The average molecular weight is 282 g/mol. The Kier molecular flexibility index (Phi) is 4.28. The Hall–Kier alpha value is -2.75. The van der Waals surface area contributed by atoms with Crippen LogP contribution < -0.4 is 0 Å². The highest BCUT2D eigenvalue weighted by Gasteiger charge is 2.15. The standard InChI is InChI=1S/C17H14O4/c1-11(18)12-5-4-6-13(9-12)14-7-2-3-8-15(14)16(19)10-17(20)21/h2-9H,10H2,1H3,(H,20,21). The molecule has 0 unspecified atom stereocenters. The molecule has 0 aliphatic rings. The van der Waals surface area contributed by atoms with Gasteiger partial charge in [0, 0.05) is 11.1 Å². The van der Waals surface area contributed by atoms with Gasteiger partial charge < -0.3 is 5.11 Å². The monoisotopic (exact) mass is 282 g/mol. The molecule has 0 bridgehead atoms. The number of hydrogen-bond donors (Lipinski definition) is 1. The predicted octanol–water partition coefficient (Wildman–Crippen LogP) is 3.21. The second kappa shape index (κ2) is 6.13. The number of carboxylic acids is 1. The quantitative estimate of drug-likeness (QED) is 0.675. The third-order valence-corrected chi connectivity index (χ3v) is 3.12. The largest absolute Gasteiger partial charge is 0.481 e. The number of carbonyl (C=O) groups excluding carboxylic acids is 2. The zero-order valence-electron chi connectivity index (χ0n) is 11.5. The number of aliphatic carboxylic acids is 1. The number of carbonyl (C=O) groups is 3. The van der Waals surface area contributed by atoms with Crippen molar-refractivity contribution >= 4 is 17.5 Å². The van der Waals surface area contributed by atoms with E-state index in [0.717, 1.165) is 5.56 Å². The van der Waals surface area contributed by atoms with E-state index in [2.05, 4.69) is 0 Å². The minimum Gasteiger partial charge on any atom is -0.481 e. The van der Waals surface area contributed by atoms with Crippen LogP contribution >= 0.6 is 0 Å². The first-order chi connectivity index (χ1) is 9.99. The van der Waals surface area contributed by atoms with Gasteiger partial charge in [-0.3, -0.25) is 14.4 Å². The van der Waals surface area contributed by atoms with E-state index in [-0.39, 0.29) is 5.78 Å². The number of rotatable bonds is 5. The van der Waals surface area contributed by atoms with E-state index in [1.54, 1.807) is 48.5 Å². The van der Waals surface area contributed by atoms with Crippen LogP contribution in [-0.2, 0) is 4.79 Å². The summed E-state index contributed by atoms with van der Waals surface area (Å²) in [6, 6.07) is 13.7. The second-order valence-electron chi connectivity index (χ2n) is 4.68. The van der Waals surface area contributed by atoms with Gasteiger partial charge in [0.2, 0.25) is 0 Å². The normalized spacial score (nSPS) is 10.1.